The molecular weight excluding hydrogens is 440 g/mol. The van der Waals surface area contributed by atoms with Gasteiger partial charge in [-0.1, -0.05) is 85.3 Å². The van der Waals surface area contributed by atoms with Crippen molar-refractivity contribution in [1.82, 2.24) is 0 Å². The molecule has 3 nitrogen and oxygen atoms in total. The predicted octanol–water partition coefficient (Wildman–Crippen LogP) is 8.19. The first-order valence-corrected chi connectivity index (χ1v) is 13.2. The van der Waals surface area contributed by atoms with Crippen LogP contribution >= 0.6 is 0 Å². The Hall–Kier alpha value is -3.59. The first-order valence-electron chi connectivity index (χ1n) is 13.2. The van der Waals surface area contributed by atoms with E-state index >= 15 is 0 Å². The number of allylic oxidation sites excluding steroid dienone is 6. The number of hydrogen-bond acceptors (Lipinski definition) is 3. The van der Waals surface area contributed by atoms with Gasteiger partial charge in [-0.15, -0.1) is 0 Å². The van der Waals surface area contributed by atoms with E-state index in [4.69, 9.17) is 10.4 Å². The SMILES string of the molecule is N=C(CC1CC=C(\C=C2/N=C/C=C/Cc3ccccc32)CCCC1)C(=O)CC/C=C/c1ccccc1. The number of Topliss-reactive ketones (excluding diaryl/α,β-unsaturated/α-hetero) is 1. The molecule has 0 radical (unpaired) electrons. The molecule has 0 saturated heterocycles. The second kappa shape index (κ2) is 13.5. The van der Waals surface area contributed by atoms with Crippen LogP contribution in [0.25, 0.3) is 11.8 Å². The van der Waals surface area contributed by atoms with Crippen LogP contribution in [0.2, 0.25) is 0 Å². The van der Waals surface area contributed by atoms with Crippen LogP contribution in [0.5, 0.6) is 0 Å². The molecule has 2 aliphatic rings. The largest absolute Gasteiger partial charge is 0.302 e. The van der Waals surface area contributed by atoms with E-state index in [1.807, 2.05) is 54.8 Å². The van der Waals surface area contributed by atoms with Gasteiger partial charge in [-0.2, -0.15) is 0 Å². The van der Waals surface area contributed by atoms with Crippen LogP contribution in [0.1, 0.15) is 68.1 Å². The Morgan fingerprint density at radius 1 is 1.06 bits per heavy atom. The number of rotatable bonds is 8. The Labute approximate surface area is 215 Å². The summed E-state index contributed by atoms with van der Waals surface area (Å²) in [5.41, 5.74) is 6.25. The van der Waals surface area contributed by atoms with Gasteiger partial charge in [-0.3, -0.25) is 9.79 Å². The van der Waals surface area contributed by atoms with Crippen molar-refractivity contribution in [3.8, 4) is 0 Å². The molecule has 36 heavy (non-hydrogen) atoms. The number of nitrogens with one attached hydrogen (secondary N) is 1. The van der Waals surface area contributed by atoms with Crippen LogP contribution in [-0.4, -0.2) is 17.7 Å². The predicted molar refractivity (Wildman–Crippen MR) is 152 cm³/mol. The highest BCUT2D eigenvalue weighted by molar-refractivity contribution is 6.38. The van der Waals surface area contributed by atoms with Crippen LogP contribution in [-0.2, 0) is 11.2 Å². The van der Waals surface area contributed by atoms with Gasteiger partial charge >= 0.3 is 0 Å². The number of hydrogen-bond donors (Lipinski definition) is 1. The molecule has 4 rings (SSSR count). The summed E-state index contributed by atoms with van der Waals surface area (Å²) in [6.07, 6.45) is 22.6. The van der Waals surface area contributed by atoms with Crippen molar-refractivity contribution in [1.29, 1.82) is 5.41 Å². The molecule has 0 bridgehead atoms. The molecule has 0 amide bonds. The van der Waals surface area contributed by atoms with Crippen molar-refractivity contribution in [2.45, 2.75) is 57.8 Å². The maximum Gasteiger partial charge on any atom is 0.176 e. The van der Waals surface area contributed by atoms with Gasteiger partial charge in [-0.05, 0) is 79.7 Å². The van der Waals surface area contributed by atoms with Crippen molar-refractivity contribution in [2.24, 2.45) is 10.9 Å². The molecule has 184 valence electrons. The minimum Gasteiger partial charge on any atom is -0.302 e. The summed E-state index contributed by atoms with van der Waals surface area (Å²) in [5.74, 6) is 0.334. The number of nitrogens with zero attached hydrogens (tertiary/aromatic N) is 1. The van der Waals surface area contributed by atoms with Crippen molar-refractivity contribution in [3.05, 3.63) is 107 Å². The number of fused-ring (bicyclic) bond motifs is 1. The molecule has 3 heteroatoms. The van der Waals surface area contributed by atoms with Gasteiger partial charge in [0.25, 0.3) is 0 Å². The van der Waals surface area contributed by atoms with Gasteiger partial charge in [0.15, 0.2) is 5.78 Å². The van der Waals surface area contributed by atoms with Gasteiger partial charge in [-0.25, -0.2) is 0 Å². The molecule has 1 aliphatic heterocycles. The number of ketones is 1. The average molecular weight is 477 g/mol. The van der Waals surface area contributed by atoms with Crippen LogP contribution in [0.15, 0.2) is 95.5 Å². The van der Waals surface area contributed by atoms with Gasteiger partial charge in [0.05, 0.1) is 11.4 Å². The second-order valence-corrected chi connectivity index (χ2v) is 9.68. The van der Waals surface area contributed by atoms with E-state index in [1.54, 1.807) is 0 Å². The molecule has 1 unspecified atom stereocenters. The maximum atomic E-state index is 12.6. The molecule has 1 N–H and O–H groups in total. The molecule has 0 saturated carbocycles. The highest BCUT2D eigenvalue weighted by Gasteiger charge is 2.17. The van der Waals surface area contributed by atoms with E-state index in [2.05, 4.69) is 42.5 Å². The summed E-state index contributed by atoms with van der Waals surface area (Å²) in [6, 6.07) is 18.6. The van der Waals surface area contributed by atoms with Gasteiger partial charge in [0, 0.05) is 18.2 Å². The Kier molecular flexibility index (Phi) is 9.55. The summed E-state index contributed by atoms with van der Waals surface area (Å²) in [5, 5.41) is 8.41. The topological polar surface area (TPSA) is 53.3 Å². The van der Waals surface area contributed by atoms with E-state index < -0.39 is 0 Å². The normalized spacial score (nSPS) is 20.9. The third kappa shape index (κ3) is 7.71. The molecule has 1 heterocycles. The highest BCUT2D eigenvalue weighted by Crippen LogP contribution is 2.29. The zero-order chi connectivity index (χ0) is 25.0. The molecule has 2 aromatic carbocycles. The standard InChI is InChI=1S/C33H36N2O/c34-31(33(36)20-9-6-14-26-12-2-1-3-13-26)24-27-15-4-5-16-28(22-21-27)25-32-30-19-8-7-17-29(30)18-10-11-23-35-32/h1-3,6-8,10-14,17,19,22-23,25,27,34H,4-5,9,15-16,18,20-21,24H2/b11-10+,14-6+,28-22?,32-25-,34-31?,35-23+. The van der Waals surface area contributed by atoms with Crippen LogP contribution in [0, 0.1) is 11.3 Å². The Morgan fingerprint density at radius 3 is 2.78 bits per heavy atom. The fourth-order valence-corrected chi connectivity index (χ4v) is 4.86. The highest BCUT2D eigenvalue weighted by atomic mass is 16.1. The monoisotopic (exact) mass is 476 g/mol. The second-order valence-electron chi connectivity index (χ2n) is 9.68. The lowest BCUT2D eigenvalue weighted by Crippen LogP contribution is -2.17. The van der Waals surface area contributed by atoms with Crippen LogP contribution in [0.3, 0.4) is 0 Å². The minimum absolute atomic E-state index is 0.0189. The van der Waals surface area contributed by atoms with Crippen molar-refractivity contribution in [2.75, 3.05) is 0 Å². The number of carbonyl (C=O) groups excluding carboxylic acids is 1. The van der Waals surface area contributed by atoms with E-state index in [9.17, 15) is 4.79 Å². The molecule has 0 aromatic heterocycles. The lowest BCUT2D eigenvalue weighted by atomic mass is 9.86. The van der Waals surface area contributed by atoms with E-state index in [1.165, 1.54) is 16.7 Å². The first-order chi connectivity index (χ1) is 17.7. The average Bonchev–Trinajstić information content (AvgIpc) is 2.88. The van der Waals surface area contributed by atoms with Gasteiger partial charge in [0.2, 0.25) is 0 Å². The first kappa shape index (κ1) is 25.5. The molecule has 0 fully saturated rings. The fraction of sp³-hybridized carbons (Fsp3) is 0.303. The van der Waals surface area contributed by atoms with Crippen LogP contribution < -0.4 is 0 Å². The fourth-order valence-electron chi connectivity index (χ4n) is 4.86. The Bertz CT molecular complexity index is 1200. The number of carbonyl (C=O) groups is 1. The van der Waals surface area contributed by atoms with Crippen molar-refractivity contribution in [3.63, 3.8) is 0 Å². The van der Waals surface area contributed by atoms with Gasteiger partial charge in [0.1, 0.15) is 0 Å². The minimum atomic E-state index is -0.0189. The third-order valence-electron chi connectivity index (χ3n) is 6.91. The molecule has 0 spiro atoms. The number of benzene rings is 2. The quantitative estimate of drug-likeness (QED) is 0.384. The molecule has 2 aromatic rings. The summed E-state index contributed by atoms with van der Waals surface area (Å²) in [4.78, 5) is 17.3. The molecule has 1 atom stereocenters. The van der Waals surface area contributed by atoms with E-state index in [-0.39, 0.29) is 11.5 Å². The zero-order valence-corrected chi connectivity index (χ0v) is 21.0. The van der Waals surface area contributed by atoms with E-state index in [0.717, 1.165) is 49.8 Å². The zero-order valence-electron chi connectivity index (χ0n) is 21.0. The van der Waals surface area contributed by atoms with Gasteiger partial charge < -0.3 is 5.41 Å². The summed E-state index contributed by atoms with van der Waals surface area (Å²) in [6.45, 7) is 0. The van der Waals surface area contributed by atoms with Crippen molar-refractivity contribution < 1.29 is 4.79 Å². The van der Waals surface area contributed by atoms with Crippen molar-refractivity contribution >= 4 is 29.5 Å². The lowest BCUT2D eigenvalue weighted by molar-refractivity contribution is -0.113. The van der Waals surface area contributed by atoms with E-state index in [0.29, 0.717) is 25.2 Å². The summed E-state index contributed by atoms with van der Waals surface area (Å²) in [7, 11) is 0. The Balaban J connectivity index is 1.35. The van der Waals surface area contributed by atoms with Crippen LogP contribution in [0.4, 0.5) is 0 Å². The summed E-state index contributed by atoms with van der Waals surface area (Å²) < 4.78 is 0. The molecular formula is C33H36N2O. The smallest absolute Gasteiger partial charge is 0.176 e. The maximum absolute atomic E-state index is 12.6. The third-order valence-corrected chi connectivity index (χ3v) is 6.91. The summed E-state index contributed by atoms with van der Waals surface area (Å²) >= 11 is 0. The lowest BCUT2D eigenvalue weighted by Gasteiger charge is -2.19. The molecule has 1 aliphatic carbocycles. The number of aliphatic imine (C=N–C) groups is 1. The Morgan fingerprint density at radius 2 is 1.89 bits per heavy atom.